The Kier molecular flexibility index (Phi) is 4.00. The minimum atomic E-state index is -0.646. The zero-order chi connectivity index (χ0) is 19.3. The van der Waals surface area contributed by atoms with Crippen molar-refractivity contribution < 1.29 is 19.5 Å². The minimum Gasteiger partial charge on any atom is -0.396 e. The van der Waals surface area contributed by atoms with Gasteiger partial charge in [-0.05, 0) is 29.5 Å². The molecule has 2 aromatic carbocycles. The fourth-order valence-corrected chi connectivity index (χ4v) is 5.08. The zero-order valence-electron chi connectivity index (χ0n) is 15.4. The lowest BCUT2D eigenvalue weighted by atomic mass is 9.95. The monoisotopic (exact) mass is 378 g/mol. The van der Waals surface area contributed by atoms with Crippen LogP contribution in [-0.4, -0.2) is 52.0 Å². The number of aliphatic hydroxyl groups is 2. The number of hydrogen-bond acceptors (Lipinski definition) is 5. The standard InChI is InChI=1S/C22H22N2O4/c25-12-16-21(14-6-2-1-3-7-14)22(16)13-24(11-19(22)26)20(27)10-17-15-8-4-5-9-18(15)28-23-17/h1-9,16,19,21,25-26H,10-13H2/t16-,19-,21-,22-/m1/s1. The molecule has 2 N–H and O–H groups in total. The highest BCUT2D eigenvalue weighted by Gasteiger charge is 2.71. The lowest BCUT2D eigenvalue weighted by molar-refractivity contribution is -0.130. The molecule has 6 heteroatoms. The molecular weight excluding hydrogens is 356 g/mol. The first-order valence-electron chi connectivity index (χ1n) is 9.60. The Morgan fingerprint density at radius 1 is 1.18 bits per heavy atom. The second-order valence-corrected chi connectivity index (χ2v) is 7.88. The van der Waals surface area contributed by atoms with Gasteiger partial charge in [0.05, 0.1) is 12.5 Å². The number of amides is 1. The summed E-state index contributed by atoms with van der Waals surface area (Å²) >= 11 is 0. The molecule has 6 nitrogen and oxygen atoms in total. The molecule has 2 heterocycles. The topological polar surface area (TPSA) is 86.8 Å². The number of likely N-dealkylation sites (tertiary alicyclic amines) is 1. The number of carbonyl (C=O) groups excluding carboxylic acids is 1. The molecule has 2 fully saturated rings. The lowest BCUT2D eigenvalue weighted by Gasteiger charge is -2.16. The van der Waals surface area contributed by atoms with E-state index in [1.807, 2.05) is 54.6 Å². The van der Waals surface area contributed by atoms with Crippen molar-refractivity contribution in [1.82, 2.24) is 10.1 Å². The van der Waals surface area contributed by atoms with Gasteiger partial charge in [-0.1, -0.05) is 47.6 Å². The van der Waals surface area contributed by atoms with E-state index in [1.165, 1.54) is 0 Å². The van der Waals surface area contributed by atoms with Gasteiger partial charge >= 0.3 is 0 Å². The van der Waals surface area contributed by atoms with Crippen LogP contribution in [0.25, 0.3) is 11.0 Å². The fourth-order valence-electron chi connectivity index (χ4n) is 5.08. The van der Waals surface area contributed by atoms with Crippen molar-refractivity contribution in [3.05, 3.63) is 65.9 Å². The summed E-state index contributed by atoms with van der Waals surface area (Å²) in [5, 5.41) is 25.6. The molecule has 0 radical (unpaired) electrons. The molecule has 1 spiro atoms. The second kappa shape index (κ2) is 6.43. The number of aromatic nitrogens is 1. The Balaban J connectivity index is 1.36. The Morgan fingerprint density at radius 2 is 1.93 bits per heavy atom. The van der Waals surface area contributed by atoms with Crippen LogP contribution in [0.15, 0.2) is 59.1 Å². The quantitative estimate of drug-likeness (QED) is 0.725. The van der Waals surface area contributed by atoms with E-state index in [2.05, 4.69) is 5.16 Å². The Hall–Kier alpha value is -2.70. The number of carbonyl (C=O) groups is 1. The van der Waals surface area contributed by atoms with Crippen molar-refractivity contribution in [2.75, 3.05) is 19.7 Å². The zero-order valence-corrected chi connectivity index (χ0v) is 15.4. The van der Waals surface area contributed by atoms with Gasteiger partial charge in [0.1, 0.15) is 5.69 Å². The van der Waals surface area contributed by atoms with Crippen LogP contribution in [0.5, 0.6) is 0 Å². The van der Waals surface area contributed by atoms with E-state index in [0.29, 0.717) is 17.8 Å². The van der Waals surface area contributed by atoms with Crippen LogP contribution in [0, 0.1) is 11.3 Å². The average Bonchev–Trinajstić information content (AvgIpc) is 2.98. The van der Waals surface area contributed by atoms with E-state index in [1.54, 1.807) is 4.90 Å². The van der Waals surface area contributed by atoms with Crippen LogP contribution in [0.2, 0.25) is 0 Å². The molecule has 28 heavy (non-hydrogen) atoms. The minimum absolute atomic E-state index is 0.00652. The van der Waals surface area contributed by atoms with Crippen LogP contribution >= 0.6 is 0 Å². The highest BCUT2D eigenvalue weighted by molar-refractivity contribution is 5.86. The summed E-state index contributed by atoms with van der Waals surface area (Å²) < 4.78 is 5.29. The van der Waals surface area contributed by atoms with Crippen molar-refractivity contribution in [3.63, 3.8) is 0 Å². The predicted molar refractivity (Wildman–Crippen MR) is 102 cm³/mol. The molecule has 1 aromatic heterocycles. The molecule has 0 bridgehead atoms. The first-order valence-corrected chi connectivity index (χ1v) is 9.60. The first-order chi connectivity index (χ1) is 13.6. The maximum Gasteiger partial charge on any atom is 0.228 e. The van der Waals surface area contributed by atoms with Gasteiger partial charge in [-0.3, -0.25) is 4.79 Å². The van der Waals surface area contributed by atoms with Gasteiger partial charge in [0.15, 0.2) is 5.58 Å². The molecule has 1 aliphatic heterocycles. The molecule has 1 saturated carbocycles. The SMILES string of the molecule is O=C(Cc1noc2ccccc12)N1C[C@@H](O)[C@@]2(C1)[C@H](CO)[C@H]2c1ccccc1. The predicted octanol–water partition coefficient (Wildman–Crippen LogP) is 1.97. The van der Waals surface area contributed by atoms with Crippen molar-refractivity contribution >= 4 is 16.9 Å². The van der Waals surface area contributed by atoms with Crippen molar-refractivity contribution in [2.24, 2.45) is 11.3 Å². The summed E-state index contributed by atoms with van der Waals surface area (Å²) in [6, 6.07) is 17.4. The summed E-state index contributed by atoms with van der Waals surface area (Å²) in [4.78, 5) is 14.6. The number of benzene rings is 2. The molecule has 1 amide bonds. The molecule has 0 unspecified atom stereocenters. The van der Waals surface area contributed by atoms with E-state index in [0.717, 1.165) is 10.9 Å². The normalized spacial score (nSPS) is 28.9. The maximum atomic E-state index is 12.9. The third-order valence-corrected chi connectivity index (χ3v) is 6.52. The van der Waals surface area contributed by atoms with Crippen molar-refractivity contribution in [1.29, 1.82) is 0 Å². The van der Waals surface area contributed by atoms with Crippen LogP contribution in [0.3, 0.4) is 0 Å². The summed E-state index contributed by atoms with van der Waals surface area (Å²) in [6.45, 7) is 0.745. The average molecular weight is 378 g/mol. The van der Waals surface area contributed by atoms with Crippen LogP contribution in [0.4, 0.5) is 0 Å². The second-order valence-electron chi connectivity index (χ2n) is 7.88. The van der Waals surface area contributed by atoms with Gasteiger partial charge < -0.3 is 19.6 Å². The van der Waals surface area contributed by atoms with Gasteiger partial charge in [-0.15, -0.1) is 0 Å². The highest BCUT2D eigenvalue weighted by atomic mass is 16.5. The number of fused-ring (bicyclic) bond motifs is 1. The van der Waals surface area contributed by atoms with E-state index < -0.39 is 11.5 Å². The van der Waals surface area contributed by atoms with Gasteiger partial charge in [-0.2, -0.15) is 0 Å². The maximum absolute atomic E-state index is 12.9. The van der Waals surface area contributed by atoms with E-state index in [9.17, 15) is 15.0 Å². The van der Waals surface area contributed by atoms with Crippen molar-refractivity contribution in [2.45, 2.75) is 18.4 Å². The third-order valence-electron chi connectivity index (χ3n) is 6.52. The molecule has 5 rings (SSSR count). The van der Waals surface area contributed by atoms with Crippen LogP contribution in [0.1, 0.15) is 17.2 Å². The molecule has 4 atom stereocenters. The molecule has 3 aromatic rings. The molecule has 2 aliphatic rings. The van der Waals surface area contributed by atoms with Gasteiger partial charge in [0.2, 0.25) is 5.91 Å². The van der Waals surface area contributed by atoms with Crippen LogP contribution < -0.4 is 0 Å². The summed E-state index contributed by atoms with van der Waals surface area (Å²) in [6.07, 6.45) is -0.507. The number of para-hydroxylation sites is 1. The molecule has 1 aliphatic carbocycles. The number of β-amino-alcohol motifs (C(OH)–C–C–N with tert-alkyl or cyclic N) is 1. The fraction of sp³-hybridized carbons (Fsp3) is 0.364. The summed E-state index contributed by atoms with van der Waals surface area (Å²) in [5.74, 6) is -0.0414. The lowest BCUT2D eigenvalue weighted by Crippen LogP contribution is -2.31. The van der Waals surface area contributed by atoms with Gasteiger partial charge in [0.25, 0.3) is 0 Å². The molecule has 1 saturated heterocycles. The van der Waals surface area contributed by atoms with Crippen molar-refractivity contribution in [3.8, 4) is 0 Å². The highest BCUT2D eigenvalue weighted by Crippen LogP contribution is 2.68. The van der Waals surface area contributed by atoms with E-state index in [-0.39, 0.29) is 37.3 Å². The number of aliphatic hydroxyl groups excluding tert-OH is 2. The molecule has 144 valence electrons. The van der Waals surface area contributed by atoms with Gasteiger partial charge in [0, 0.05) is 30.5 Å². The number of nitrogens with zero attached hydrogens (tertiary/aromatic N) is 2. The largest absolute Gasteiger partial charge is 0.396 e. The summed E-state index contributed by atoms with van der Waals surface area (Å²) in [5.41, 5.74) is 1.93. The smallest absolute Gasteiger partial charge is 0.228 e. The van der Waals surface area contributed by atoms with Gasteiger partial charge in [-0.25, -0.2) is 0 Å². The molecular formula is C22H22N2O4. The Bertz CT molecular complexity index is 1020. The Morgan fingerprint density at radius 3 is 2.71 bits per heavy atom. The number of rotatable bonds is 4. The van der Waals surface area contributed by atoms with E-state index >= 15 is 0 Å². The number of hydrogen-bond donors (Lipinski definition) is 2. The Labute approximate surface area is 162 Å². The summed E-state index contributed by atoms with van der Waals surface area (Å²) in [7, 11) is 0. The first kappa shape index (κ1) is 17.4. The third kappa shape index (κ3) is 2.48. The van der Waals surface area contributed by atoms with E-state index in [4.69, 9.17) is 4.52 Å². The van der Waals surface area contributed by atoms with Crippen LogP contribution in [-0.2, 0) is 11.2 Å².